The van der Waals surface area contributed by atoms with Crippen molar-refractivity contribution >= 4 is 29.8 Å². The number of hydrogen-bond acceptors (Lipinski definition) is 6. The van der Waals surface area contributed by atoms with E-state index in [0.29, 0.717) is 24.0 Å². The van der Waals surface area contributed by atoms with E-state index in [1.807, 2.05) is 12.1 Å². The van der Waals surface area contributed by atoms with Crippen LogP contribution in [-0.4, -0.2) is 72.7 Å². The van der Waals surface area contributed by atoms with E-state index in [0.717, 1.165) is 49.4 Å². The third-order valence-corrected chi connectivity index (χ3v) is 8.65. The highest BCUT2D eigenvalue weighted by molar-refractivity contribution is 6.22. The Hall–Kier alpha value is -2.74. The fraction of sp³-hybridized carbons (Fsp3) is 0.630. The number of likely N-dealkylation sites (tertiary alicyclic amines) is 1. The van der Waals surface area contributed by atoms with Gasteiger partial charge in [-0.2, -0.15) is 0 Å². The third kappa shape index (κ3) is 4.85. The van der Waals surface area contributed by atoms with Crippen molar-refractivity contribution in [3.05, 3.63) is 29.3 Å². The quantitative estimate of drug-likeness (QED) is 0.455. The van der Waals surface area contributed by atoms with Gasteiger partial charge in [-0.1, -0.05) is 6.42 Å². The number of piperidine rings is 1. The lowest BCUT2D eigenvalue weighted by Crippen LogP contribution is -2.39. The fourth-order valence-corrected chi connectivity index (χ4v) is 6.67. The minimum Gasteiger partial charge on any atom is -0.371 e. The van der Waals surface area contributed by atoms with E-state index < -0.39 is 11.9 Å². The summed E-state index contributed by atoms with van der Waals surface area (Å²) in [5.74, 6) is 1.59. The number of anilines is 1. The van der Waals surface area contributed by atoms with E-state index in [1.165, 1.54) is 43.8 Å². The van der Waals surface area contributed by atoms with Crippen molar-refractivity contribution in [2.75, 3.05) is 37.6 Å². The van der Waals surface area contributed by atoms with E-state index in [4.69, 9.17) is 0 Å². The zero-order valence-electron chi connectivity index (χ0n) is 20.6. The van der Waals surface area contributed by atoms with E-state index in [9.17, 15) is 19.2 Å². The first-order valence-corrected chi connectivity index (χ1v) is 13.2. The molecule has 8 nitrogen and oxygen atoms in total. The minimum absolute atomic E-state index is 0.0756. The number of nitrogens with one attached hydrogen (secondary N) is 1. The Balaban J connectivity index is 1.16. The molecule has 1 aliphatic carbocycles. The lowest BCUT2D eigenvalue weighted by molar-refractivity contribution is -0.125. The summed E-state index contributed by atoms with van der Waals surface area (Å²) in [4.78, 5) is 54.3. The molecule has 5 rings (SSSR count). The molecular weight excluding hydrogens is 444 g/mol. The number of nitrogens with zero attached hydrogens (tertiary/aromatic N) is 3. The number of carbonyl (C=O) groups is 4. The Kier molecular flexibility index (Phi) is 6.91. The molecule has 2 saturated heterocycles. The van der Waals surface area contributed by atoms with Gasteiger partial charge in [-0.15, -0.1) is 0 Å². The van der Waals surface area contributed by atoms with Crippen LogP contribution in [0.4, 0.5) is 5.69 Å². The zero-order chi connectivity index (χ0) is 24.5. The van der Waals surface area contributed by atoms with Crippen LogP contribution in [0.15, 0.2) is 18.2 Å². The maximum Gasteiger partial charge on any atom is 0.261 e. The van der Waals surface area contributed by atoms with E-state index >= 15 is 0 Å². The van der Waals surface area contributed by atoms with Crippen molar-refractivity contribution in [1.82, 2.24) is 15.1 Å². The van der Waals surface area contributed by atoms with Crippen LogP contribution in [-0.2, 0) is 9.59 Å². The molecule has 0 radical (unpaired) electrons. The standard InChI is InChI=1S/C27H36N4O4/c1-18(5-8-25(33)28-17-32)31-26(34)23-7-6-22(13-24(23)27(31)35)30-11-9-19(10-12-30)14-29-15-20-3-2-4-21(20)16-29/h6-7,13,17-21H,2-5,8-12,14-16H2,1H3,(H,28,32,33). The summed E-state index contributed by atoms with van der Waals surface area (Å²) >= 11 is 0. The molecule has 3 atom stereocenters. The topological polar surface area (TPSA) is 90.0 Å². The number of hydrogen-bond donors (Lipinski definition) is 1. The van der Waals surface area contributed by atoms with Crippen LogP contribution < -0.4 is 10.2 Å². The van der Waals surface area contributed by atoms with Crippen molar-refractivity contribution in [2.24, 2.45) is 17.8 Å². The number of carbonyl (C=O) groups excluding carboxylic acids is 4. The molecule has 1 N–H and O–H groups in total. The Labute approximate surface area is 207 Å². The van der Waals surface area contributed by atoms with Gasteiger partial charge >= 0.3 is 0 Å². The third-order valence-electron chi connectivity index (χ3n) is 8.65. The first-order valence-electron chi connectivity index (χ1n) is 13.2. The lowest BCUT2D eigenvalue weighted by Gasteiger charge is -2.35. The Morgan fingerprint density at radius 1 is 1.06 bits per heavy atom. The maximum atomic E-state index is 13.1. The summed E-state index contributed by atoms with van der Waals surface area (Å²) in [7, 11) is 0. The SMILES string of the molecule is CC(CCC(=O)NC=O)N1C(=O)c2ccc(N3CCC(CN4CC5CCCC5C4)CC3)cc2C1=O. The molecule has 188 valence electrons. The van der Waals surface area contributed by atoms with Crippen LogP contribution in [0.2, 0.25) is 0 Å². The second kappa shape index (κ2) is 10.1. The number of benzene rings is 1. The van der Waals surface area contributed by atoms with Crippen molar-refractivity contribution in [1.29, 1.82) is 0 Å². The van der Waals surface area contributed by atoms with Crippen LogP contribution in [0, 0.1) is 17.8 Å². The summed E-state index contributed by atoms with van der Waals surface area (Å²) in [5, 5.41) is 2.09. The van der Waals surface area contributed by atoms with Crippen LogP contribution >= 0.6 is 0 Å². The summed E-state index contributed by atoms with van der Waals surface area (Å²) in [5.41, 5.74) is 1.87. The highest BCUT2D eigenvalue weighted by atomic mass is 16.2. The van der Waals surface area contributed by atoms with Gasteiger partial charge < -0.3 is 9.80 Å². The first-order chi connectivity index (χ1) is 16.9. The molecule has 3 aliphatic heterocycles. The van der Waals surface area contributed by atoms with Gasteiger partial charge in [0.25, 0.3) is 11.8 Å². The van der Waals surface area contributed by atoms with E-state index in [2.05, 4.69) is 15.1 Å². The fourth-order valence-electron chi connectivity index (χ4n) is 6.67. The molecule has 35 heavy (non-hydrogen) atoms. The average Bonchev–Trinajstić information content (AvgIpc) is 3.51. The predicted octanol–water partition coefficient (Wildman–Crippen LogP) is 2.67. The Morgan fingerprint density at radius 3 is 2.43 bits per heavy atom. The molecule has 4 amide bonds. The summed E-state index contributed by atoms with van der Waals surface area (Å²) in [6.07, 6.45) is 7.30. The molecular formula is C27H36N4O4. The smallest absolute Gasteiger partial charge is 0.261 e. The molecule has 1 saturated carbocycles. The summed E-state index contributed by atoms with van der Waals surface area (Å²) in [6, 6.07) is 5.16. The maximum absolute atomic E-state index is 13.1. The van der Waals surface area contributed by atoms with Gasteiger partial charge in [0.15, 0.2) is 0 Å². The normalized spacial score (nSPS) is 25.6. The Bertz CT molecular complexity index is 991. The van der Waals surface area contributed by atoms with Crippen LogP contribution in [0.5, 0.6) is 0 Å². The molecule has 3 fully saturated rings. The van der Waals surface area contributed by atoms with Gasteiger partial charge in [0, 0.05) is 50.9 Å². The monoisotopic (exact) mass is 480 g/mol. The summed E-state index contributed by atoms with van der Waals surface area (Å²) < 4.78 is 0. The lowest BCUT2D eigenvalue weighted by atomic mass is 9.95. The van der Waals surface area contributed by atoms with Gasteiger partial charge in [0.05, 0.1) is 11.1 Å². The number of imide groups is 2. The zero-order valence-corrected chi connectivity index (χ0v) is 20.6. The van der Waals surface area contributed by atoms with Crippen molar-refractivity contribution in [2.45, 2.75) is 57.9 Å². The van der Waals surface area contributed by atoms with Gasteiger partial charge in [-0.3, -0.25) is 29.4 Å². The minimum atomic E-state index is -0.427. The van der Waals surface area contributed by atoms with Crippen molar-refractivity contribution in [3.8, 4) is 0 Å². The highest BCUT2D eigenvalue weighted by Crippen LogP contribution is 2.38. The van der Waals surface area contributed by atoms with Crippen LogP contribution in [0.1, 0.15) is 72.6 Å². The second-order valence-electron chi connectivity index (χ2n) is 10.9. The van der Waals surface area contributed by atoms with E-state index in [-0.39, 0.29) is 18.2 Å². The summed E-state index contributed by atoms with van der Waals surface area (Å²) in [6.45, 7) is 7.51. The average molecular weight is 481 g/mol. The molecule has 0 spiro atoms. The number of amides is 4. The van der Waals surface area contributed by atoms with Crippen LogP contribution in [0.3, 0.4) is 0 Å². The largest absolute Gasteiger partial charge is 0.371 e. The van der Waals surface area contributed by atoms with Crippen LogP contribution in [0.25, 0.3) is 0 Å². The molecule has 3 heterocycles. The van der Waals surface area contributed by atoms with Gasteiger partial charge in [0.1, 0.15) is 0 Å². The van der Waals surface area contributed by atoms with Gasteiger partial charge in [0.2, 0.25) is 12.3 Å². The molecule has 4 aliphatic rings. The molecule has 0 aromatic heterocycles. The molecule has 8 heteroatoms. The highest BCUT2D eigenvalue weighted by Gasteiger charge is 2.39. The first kappa shape index (κ1) is 24.0. The number of rotatable bonds is 8. The molecule has 1 aromatic rings. The Morgan fingerprint density at radius 2 is 1.74 bits per heavy atom. The van der Waals surface area contributed by atoms with Crippen molar-refractivity contribution in [3.63, 3.8) is 0 Å². The van der Waals surface area contributed by atoms with E-state index in [1.54, 1.807) is 13.0 Å². The van der Waals surface area contributed by atoms with Gasteiger partial charge in [-0.05, 0) is 75.0 Å². The molecule has 0 bridgehead atoms. The van der Waals surface area contributed by atoms with Gasteiger partial charge in [-0.25, -0.2) is 0 Å². The molecule has 3 unspecified atom stereocenters. The molecule has 1 aromatic carbocycles. The second-order valence-corrected chi connectivity index (χ2v) is 10.9. The number of fused-ring (bicyclic) bond motifs is 2. The van der Waals surface area contributed by atoms with Crippen molar-refractivity contribution < 1.29 is 19.2 Å². The predicted molar refractivity (Wildman–Crippen MR) is 132 cm³/mol.